The average molecular weight is 219 g/mol. The molecule has 0 aromatic rings. The first-order valence-electron chi connectivity index (χ1n) is 5.08. The zero-order valence-electron chi connectivity index (χ0n) is 8.82. The molecule has 0 spiro atoms. The summed E-state index contributed by atoms with van der Waals surface area (Å²) in [6.45, 7) is 3.99. The van der Waals surface area contributed by atoms with Gasteiger partial charge in [0.2, 0.25) is 0 Å². The van der Waals surface area contributed by atoms with Gasteiger partial charge in [0, 0.05) is 11.3 Å². The highest BCUT2D eigenvalue weighted by molar-refractivity contribution is 7.83. The molecule has 1 nitrogen and oxygen atoms in total. The molecular formula is C13H17NS. The summed E-state index contributed by atoms with van der Waals surface area (Å²) in [5.74, 6) is 0. The smallest absolute Gasteiger partial charge is 0.0451 e. The van der Waals surface area contributed by atoms with Crippen LogP contribution in [0, 0.1) is 0 Å². The average Bonchev–Trinajstić information content (AvgIpc) is 2.26. The van der Waals surface area contributed by atoms with E-state index in [9.17, 15) is 0 Å². The lowest BCUT2D eigenvalue weighted by atomic mass is 10.0. The molecule has 0 amide bonds. The van der Waals surface area contributed by atoms with Gasteiger partial charge < -0.3 is 5.73 Å². The second-order valence-electron chi connectivity index (χ2n) is 3.45. The van der Waals surface area contributed by atoms with Crippen LogP contribution in [0.15, 0.2) is 59.2 Å². The zero-order chi connectivity index (χ0) is 11.1. The molecule has 2 N–H and O–H groups in total. The molecule has 0 heterocycles. The first kappa shape index (κ1) is 11.9. The predicted octanol–water partition coefficient (Wildman–Crippen LogP) is 3.50. The Kier molecular flexibility index (Phi) is 5.05. The Morgan fingerprint density at radius 3 is 2.93 bits per heavy atom. The molecule has 0 unspecified atom stereocenters. The van der Waals surface area contributed by atoms with Crippen molar-refractivity contribution in [1.82, 2.24) is 0 Å². The van der Waals surface area contributed by atoms with Gasteiger partial charge >= 0.3 is 0 Å². The second kappa shape index (κ2) is 6.36. The lowest BCUT2D eigenvalue weighted by molar-refractivity contribution is 0.863. The third-order valence-electron chi connectivity index (χ3n) is 2.26. The Bertz CT molecular complexity index is 346. The monoisotopic (exact) mass is 219 g/mol. The van der Waals surface area contributed by atoms with Crippen LogP contribution < -0.4 is 5.73 Å². The molecule has 0 aromatic heterocycles. The molecule has 1 aliphatic rings. The summed E-state index contributed by atoms with van der Waals surface area (Å²) in [4.78, 5) is 0. The number of hydrogen-bond acceptors (Lipinski definition) is 2. The van der Waals surface area contributed by atoms with E-state index in [0.29, 0.717) is 5.70 Å². The van der Waals surface area contributed by atoms with E-state index in [-0.39, 0.29) is 0 Å². The minimum Gasteiger partial charge on any atom is -0.398 e. The van der Waals surface area contributed by atoms with E-state index in [2.05, 4.69) is 37.4 Å². The topological polar surface area (TPSA) is 26.0 Å². The summed E-state index contributed by atoms with van der Waals surface area (Å²) in [5.41, 5.74) is 8.46. The summed E-state index contributed by atoms with van der Waals surface area (Å²) in [7, 11) is 0. The van der Waals surface area contributed by atoms with E-state index in [4.69, 9.17) is 5.73 Å². The standard InChI is InChI=1S/C13H17NS/c1-11-8-6-4-2-3-5-7-9-12(11)13(14)10-15/h2,4,6,8-10,15H,1,3,5,7,14H2/b4-2-,8-6-,12-9+,13-10-. The SMILES string of the molecule is C=C1/C=C\C=C/CCC/C=C1/C(N)=C/S. The predicted molar refractivity (Wildman–Crippen MR) is 70.6 cm³/mol. The molecular weight excluding hydrogens is 202 g/mol. The first-order valence-corrected chi connectivity index (χ1v) is 5.60. The van der Waals surface area contributed by atoms with Crippen molar-refractivity contribution < 1.29 is 0 Å². The van der Waals surface area contributed by atoms with Gasteiger partial charge in [-0.1, -0.05) is 37.0 Å². The normalized spacial score (nSPS) is 26.6. The molecule has 0 fully saturated rings. The van der Waals surface area contributed by atoms with Crippen molar-refractivity contribution in [2.75, 3.05) is 0 Å². The molecule has 1 rings (SSSR count). The van der Waals surface area contributed by atoms with Crippen LogP contribution in [0.1, 0.15) is 19.3 Å². The molecule has 0 bridgehead atoms. The van der Waals surface area contributed by atoms with Crippen LogP contribution in [-0.2, 0) is 0 Å². The summed E-state index contributed by atoms with van der Waals surface area (Å²) in [6.07, 6.45) is 13.6. The van der Waals surface area contributed by atoms with Crippen molar-refractivity contribution in [2.24, 2.45) is 5.73 Å². The lowest BCUT2D eigenvalue weighted by Gasteiger charge is -2.08. The number of rotatable bonds is 1. The van der Waals surface area contributed by atoms with Crippen LogP contribution in [0.4, 0.5) is 0 Å². The molecule has 0 radical (unpaired) electrons. The Hall–Kier alpha value is -1.15. The van der Waals surface area contributed by atoms with Gasteiger partial charge in [0.25, 0.3) is 0 Å². The Labute approximate surface area is 97.2 Å². The molecule has 1 aliphatic carbocycles. The molecule has 2 heteroatoms. The van der Waals surface area contributed by atoms with Gasteiger partial charge in [0.05, 0.1) is 0 Å². The molecule has 0 saturated carbocycles. The van der Waals surface area contributed by atoms with E-state index < -0.39 is 0 Å². The van der Waals surface area contributed by atoms with E-state index in [1.165, 1.54) is 0 Å². The highest BCUT2D eigenvalue weighted by Gasteiger charge is 2.02. The third kappa shape index (κ3) is 3.84. The Morgan fingerprint density at radius 2 is 2.20 bits per heavy atom. The fraction of sp³-hybridized carbons (Fsp3) is 0.231. The van der Waals surface area contributed by atoms with Crippen LogP contribution in [0.2, 0.25) is 0 Å². The summed E-state index contributed by atoms with van der Waals surface area (Å²) in [6, 6.07) is 0. The zero-order valence-corrected chi connectivity index (χ0v) is 9.71. The van der Waals surface area contributed by atoms with Crippen molar-refractivity contribution >= 4 is 12.6 Å². The second-order valence-corrected chi connectivity index (χ2v) is 3.70. The maximum atomic E-state index is 5.85. The highest BCUT2D eigenvalue weighted by Crippen LogP contribution is 2.19. The largest absolute Gasteiger partial charge is 0.398 e. The minimum absolute atomic E-state index is 0.678. The number of nitrogens with two attached hydrogens (primary N) is 1. The van der Waals surface area contributed by atoms with Crippen molar-refractivity contribution in [2.45, 2.75) is 19.3 Å². The fourth-order valence-corrected chi connectivity index (χ4v) is 1.56. The van der Waals surface area contributed by atoms with Crippen LogP contribution >= 0.6 is 12.6 Å². The Balaban J connectivity index is 2.94. The van der Waals surface area contributed by atoms with Gasteiger partial charge in [-0.25, -0.2) is 0 Å². The summed E-state index contributed by atoms with van der Waals surface area (Å²) >= 11 is 4.07. The van der Waals surface area contributed by atoms with Gasteiger partial charge in [-0.15, -0.1) is 12.6 Å². The van der Waals surface area contributed by atoms with Gasteiger partial charge in [-0.05, 0) is 30.2 Å². The van der Waals surface area contributed by atoms with Crippen LogP contribution in [0.3, 0.4) is 0 Å². The minimum atomic E-state index is 0.678. The first-order chi connectivity index (χ1) is 7.25. The molecule has 0 aliphatic heterocycles. The molecule has 0 saturated heterocycles. The number of thiol groups is 1. The van der Waals surface area contributed by atoms with E-state index in [1.807, 2.05) is 12.2 Å². The summed E-state index contributed by atoms with van der Waals surface area (Å²) in [5, 5.41) is 1.62. The van der Waals surface area contributed by atoms with Crippen molar-refractivity contribution in [3.8, 4) is 0 Å². The third-order valence-corrected chi connectivity index (χ3v) is 2.54. The van der Waals surface area contributed by atoms with Crippen LogP contribution in [-0.4, -0.2) is 0 Å². The number of allylic oxidation sites excluding steroid dienone is 6. The van der Waals surface area contributed by atoms with E-state index >= 15 is 0 Å². The molecule has 0 aromatic carbocycles. The van der Waals surface area contributed by atoms with Crippen molar-refractivity contribution in [3.63, 3.8) is 0 Å². The Morgan fingerprint density at radius 1 is 1.40 bits per heavy atom. The van der Waals surface area contributed by atoms with Crippen LogP contribution in [0.5, 0.6) is 0 Å². The number of hydrogen-bond donors (Lipinski definition) is 2. The highest BCUT2D eigenvalue weighted by atomic mass is 32.1. The van der Waals surface area contributed by atoms with E-state index in [1.54, 1.807) is 5.41 Å². The van der Waals surface area contributed by atoms with Gasteiger partial charge in [0.15, 0.2) is 0 Å². The maximum absolute atomic E-state index is 5.85. The van der Waals surface area contributed by atoms with Crippen LogP contribution in [0.25, 0.3) is 0 Å². The van der Waals surface area contributed by atoms with E-state index in [0.717, 1.165) is 30.4 Å². The molecule has 0 atom stereocenters. The van der Waals surface area contributed by atoms with Gasteiger partial charge in [0.1, 0.15) is 0 Å². The lowest BCUT2D eigenvalue weighted by Crippen LogP contribution is -2.02. The van der Waals surface area contributed by atoms with Crippen molar-refractivity contribution in [1.29, 1.82) is 0 Å². The fourth-order valence-electron chi connectivity index (χ4n) is 1.42. The molecule has 15 heavy (non-hydrogen) atoms. The van der Waals surface area contributed by atoms with Gasteiger partial charge in [-0.2, -0.15) is 0 Å². The maximum Gasteiger partial charge on any atom is 0.0451 e. The van der Waals surface area contributed by atoms with Gasteiger partial charge in [-0.3, -0.25) is 0 Å². The quantitative estimate of drug-likeness (QED) is 0.649. The molecule has 80 valence electrons. The van der Waals surface area contributed by atoms with Crippen molar-refractivity contribution in [3.05, 3.63) is 59.2 Å². The summed E-state index contributed by atoms with van der Waals surface area (Å²) < 4.78 is 0.